The lowest BCUT2D eigenvalue weighted by molar-refractivity contribution is -0.123. The Morgan fingerprint density at radius 1 is 1.32 bits per heavy atom. The molecular weight excluding hydrogens is 240 g/mol. The first-order valence-electron chi connectivity index (χ1n) is 6.96. The van der Waals surface area contributed by atoms with Gasteiger partial charge in [0.1, 0.15) is 5.75 Å². The second-order valence-corrected chi connectivity index (χ2v) is 5.07. The SMILES string of the molecule is NCc1ccc(OCC(=O)NCCC2CCC2)cc1. The number of carbonyl (C=O) groups is 1. The number of ether oxygens (including phenoxy) is 1. The summed E-state index contributed by atoms with van der Waals surface area (Å²) in [5.41, 5.74) is 6.57. The maximum Gasteiger partial charge on any atom is 0.257 e. The number of benzene rings is 1. The van der Waals surface area contributed by atoms with E-state index in [0.717, 1.165) is 24.4 Å². The van der Waals surface area contributed by atoms with Gasteiger partial charge in [-0.1, -0.05) is 31.4 Å². The number of rotatable bonds is 7. The van der Waals surface area contributed by atoms with Crippen LogP contribution in [-0.2, 0) is 11.3 Å². The second-order valence-electron chi connectivity index (χ2n) is 5.07. The molecule has 0 spiro atoms. The molecule has 1 aromatic carbocycles. The van der Waals surface area contributed by atoms with Gasteiger partial charge < -0.3 is 15.8 Å². The Morgan fingerprint density at radius 3 is 2.63 bits per heavy atom. The first-order valence-corrected chi connectivity index (χ1v) is 6.96. The van der Waals surface area contributed by atoms with Gasteiger partial charge in [-0.25, -0.2) is 0 Å². The van der Waals surface area contributed by atoms with Gasteiger partial charge in [0.05, 0.1) is 0 Å². The van der Waals surface area contributed by atoms with Gasteiger partial charge in [-0.3, -0.25) is 4.79 Å². The largest absolute Gasteiger partial charge is 0.484 e. The Balaban J connectivity index is 1.61. The number of carbonyl (C=O) groups excluding carboxylic acids is 1. The lowest BCUT2D eigenvalue weighted by Crippen LogP contribution is -2.31. The maximum atomic E-state index is 11.6. The normalized spacial score (nSPS) is 14.8. The fourth-order valence-electron chi connectivity index (χ4n) is 2.12. The summed E-state index contributed by atoms with van der Waals surface area (Å²) in [6, 6.07) is 7.49. The van der Waals surface area contributed by atoms with Gasteiger partial charge in [-0.05, 0) is 30.0 Å². The van der Waals surface area contributed by atoms with Crippen molar-refractivity contribution in [3.8, 4) is 5.75 Å². The average molecular weight is 262 g/mol. The summed E-state index contributed by atoms with van der Waals surface area (Å²) >= 11 is 0. The average Bonchev–Trinajstić information content (AvgIpc) is 2.40. The van der Waals surface area contributed by atoms with Gasteiger partial charge in [0.25, 0.3) is 5.91 Å². The summed E-state index contributed by atoms with van der Waals surface area (Å²) < 4.78 is 5.41. The summed E-state index contributed by atoms with van der Waals surface area (Å²) in [6.07, 6.45) is 5.08. The lowest BCUT2D eigenvalue weighted by atomic mass is 9.83. The molecule has 1 amide bonds. The highest BCUT2D eigenvalue weighted by Crippen LogP contribution is 2.28. The van der Waals surface area contributed by atoms with E-state index in [0.29, 0.717) is 12.3 Å². The van der Waals surface area contributed by atoms with Gasteiger partial charge in [0.2, 0.25) is 0 Å². The molecule has 1 aliphatic rings. The molecule has 19 heavy (non-hydrogen) atoms. The summed E-state index contributed by atoms with van der Waals surface area (Å²) in [5.74, 6) is 1.47. The van der Waals surface area contributed by atoms with Crippen molar-refractivity contribution in [2.24, 2.45) is 11.7 Å². The van der Waals surface area contributed by atoms with Crippen molar-refractivity contribution >= 4 is 5.91 Å². The minimum Gasteiger partial charge on any atom is -0.484 e. The van der Waals surface area contributed by atoms with Crippen LogP contribution in [0.4, 0.5) is 0 Å². The zero-order valence-electron chi connectivity index (χ0n) is 11.2. The fraction of sp³-hybridized carbons (Fsp3) is 0.533. The molecule has 0 bridgehead atoms. The van der Waals surface area contributed by atoms with Crippen molar-refractivity contribution in [2.45, 2.75) is 32.2 Å². The van der Waals surface area contributed by atoms with Crippen LogP contribution in [0.5, 0.6) is 5.75 Å². The van der Waals surface area contributed by atoms with Crippen molar-refractivity contribution in [3.63, 3.8) is 0 Å². The molecule has 1 aliphatic carbocycles. The van der Waals surface area contributed by atoms with Gasteiger partial charge >= 0.3 is 0 Å². The van der Waals surface area contributed by atoms with E-state index in [1.54, 1.807) is 0 Å². The van der Waals surface area contributed by atoms with Crippen molar-refractivity contribution < 1.29 is 9.53 Å². The highest BCUT2D eigenvalue weighted by molar-refractivity contribution is 5.77. The van der Waals surface area contributed by atoms with Crippen LogP contribution in [0.2, 0.25) is 0 Å². The minimum atomic E-state index is -0.0535. The molecule has 104 valence electrons. The molecule has 4 nitrogen and oxygen atoms in total. The first-order chi connectivity index (χ1) is 9.28. The van der Waals surface area contributed by atoms with Crippen molar-refractivity contribution in [1.82, 2.24) is 5.32 Å². The van der Waals surface area contributed by atoms with E-state index in [1.807, 2.05) is 24.3 Å². The predicted octanol–water partition coefficient (Wildman–Crippen LogP) is 1.83. The maximum absolute atomic E-state index is 11.6. The van der Waals surface area contributed by atoms with Crippen LogP contribution in [0.1, 0.15) is 31.2 Å². The summed E-state index contributed by atoms with van der Waals surface area (Å²) in [7, 11) is 0. The number of hydrogen-bond acceptors (Lipinski definition) is 3. The Hall–Kier alpha value is -1.55. The molecule has 0 unspecified atom stereocenters. The first kappa shape index (κ1) is 13.9. The quantitative estimate of drug-likeness (QED) is 0.788. The van der Waals surface area contributed by atoms with Crippen LogP contribution in [0.3, 0.4) is 0 Å². The Kier molecular flexibility index (Phi) is 5.21. The van der Waals surface area contributed by atoms with E-state index in [-0.39, 0.29) is 12.5 Å². The molecule has 0 atom stereocenters. The Labute approximate surface area is 114 Å². The molecule has 0 heterocycles. The number of nitrogens with one attached hydrogen (secondary N) is 1. The third kappa shape index (κ3) is 4.56. The zero-order valence-corrected chi connectivity index (χ0v) is 11.2. The molecule has 0 saturated heterocycles. The van der Waals surface area contributed by atoms with E-state index >= 15 is 0 Å². The molecular formula is C15H22N2O2. The fourth-order valence-corrected chi connectivity index (χ4v) is 2.12. The molecule has 1 fully saturated rings. The molecule has 0 radical (unpaired) electrons. The highest BCUT2D eigenvalue weighted by atomic mass is 16.5. The number of nitrogens with two attached hydrogens (primary N) is 1. The van der Waals surface area contributed by atoms with Crippen molar-refractivity contribution in [3.05, 3.63) is 29.8 Å². The van der Waals surface area contributed by atoms with Gasteiger partial charge in [-0.2, -0.15) is 0 Å². The minimum absolute atomic E-state index is 0.0535. The monoisotopic (exact) mass is 262 g/mol. The smallest absolute Gasteiger partial charge is 0.257 e. The van der Waals surface area contributed by atoms with E-state index in [2.05, 4.69) is 5.32 Å². The summed E-state index contributed by atoms with van der Waals surface area (Å²) in [5, 5.41) is 2.89. The van der Waals surface area contributed by atoms with Gasteiger partial charge in [0, 0.05) is 13.1 Å². The molecule has 0 aliphatic heterocycles. The van der Waals surface area contributed by atoms with Crippen LogP contribution < -0.4 is 15.8 Å². The predicted molar refractivity (Wildman–Crippen MR) is 74.8 cm³/mol. The van der Waals surface area contributed by atoms with E-state index in [9.17, 15) is 4.79 Å². The molecule has 0 aromatic heterocycles. The Bertz CT molecular complexity index is 399. The second kappa shape index (κ2) is 7.14. The summed E-state index contributed by atoms with van der Waals surface area (Å²) in [6.45, 7) is 1.35. The van der Waals surface area contributed by atoms with E-state index in [1.165, 1.54) is 19.3 Å². The van der Waals surface area contributed by atoms with E-state index < -0.39 is 0 Å². The topological polar surface area (TPSA) is 64.3 Å². The molecule has 3 N–H and O–H groups in total. The van der Waals surface area contributed by atoms with Crippen molar-refractivity contribution in [2.75, 3.05) is 13.2 Å². The number of amides is 1. The van der Waals surface area contributed by atoms with Crippen LogP contribution in [0.25, 0.3) is 0 Å². The van der Waals surface area contributed by atoms with Crippen LogP contribution in [0, 0.1) is 5.92 Å². The van der Waals surface area contributed by atoms with Crippen molar-refractivity contribution in [1.29, 1.82) is 0 Å². The lowest BCUT2D eigenvalue weighted by Gasteiger charge is -2.25. The number of hydrogen-bond donors (Lipinski definition) is 2. The van der Waals surface area contributed by atoms with Crippen LogP contribution >= 0.6 is 0 Å². The zero-order chi connectivity index (χ0) is 13.5. The van der Waals surface area contributed by atoms with Gasteiger partial charge in [0.15, 0.2) is 6.61 Å². The van der Waals surface area contributed by atoms with E-state index in [4.69, 9.17) is 10.5 Å². The highest BCUT2D eigenvalue weighted by Gasteiger charge is 2.16. The van der Waals surface area contributed by atoms with Crippen LogP contribution in [-0.4, -0.2) is 19.1 Å². The molecule has 1 saturated carbocycles. The molecule has 4 heteroatoms. The van der Waals surface area contributed by atoms with Crippen LogP contribution in [0.15, 0.2) is 24.3 Å². The third-order valence-electron chi connectivity index (χ3n) is 3.63. The molecule has 1 aromatic rings. The molecule has 2 rings (SSSR count). The standard InChI is InChI=1S/C15H22N2O2/c16-10-13-4-6-14(7-5-13)19-11-15(18)17-9-8-12-2-1-3-12/h4-7,12H,1-3,8-11,16H2,(H,17,18). The third-order valence-corrected chi connectivity index (χ3v) is 3.63. The Morgan fingerprint density at radius 2 is 2.05 bits per heavy atom. The summed E-state index contributed by atoms with van der Waals surface area (Å²) in [4.78, 5) is 11.6. The van der Waals surface area contributed by atoms with Gasteiger partial charge in [-0.15, -0.1) is 0 Å².